The largest absolute Gasteiger partial charge is 0.481 e. The molecular formula is C10H22N4O4. The molecule has 8 nitrogen and oxygen atoms in total. The number of carboxylic acid groups (broad SMARTS) is 2. The van der Waals surface area contributed by atoms with Crippen molar-refractivity contribution in [1.82, 2.24) is 10.2 Å². The van der Waals surface area contributed by atoms with Gasteiger partial charge in [-0.05, 0) is 6.42 Å². The molecule has 0 aliphatic rings. The molecule has 0 aromatic rings. The maximum absolute atomic E-state index is 9.99. The molecule has 106 valence electrons. The number of carbonyl (C=O) groups is 2. The molecule has 0 aromatic heterocycles. The minimum Gasteiger partial charge on any atom is -0.481 e. The molecule has 0 amide bonds. The van der Waals surface area contributed by atoms with Crippen LogP contribution in [0.15, 0.2) is 4.99 Å². The number of rotatable bonds is 4. The molecule has 0 aromatic carbocycles. The molecule has 0 heterocycles. The smallest absolute Gasteiger partial charge is 0.320 e. The minimum absolute atomic E-state index is 0.0231. The molecule has 8 heteroatoms. The van der Waals surface area contributed by atoms with Gasteiger partial charge in [0, 0.05) is 34.6 Å². The summed E-state index contributed by atoms with van der Waals surface area (Å²) in [6.45, 7) is 0. The van der Waals surface area contributed by atoms with Gasteiger partial charge in [-0.1, -0.05) is 0 Å². The highest BCUT2D eigenvalue weighted by Crippen LogP contribution is 1.93. The van der Waals surface area contributed by atoms with Crippen LogP contribution in [-0.2, 0) is 9.59 Å². The number of hydrogen-bond donors (Lipinski definition) is 4. The predicted molar refractivity (Wildman–Crippen MR) is 68.6 cm³/mol. The summed E-state index contributed by atoms with van der Waals surface area (Å²) in [6.07, 6.45) is -0.224. The van der Waals surface area contributed by atoms with Gasteiger partial charge in [-0.2, -0.15) is 0 Å². The number of aliphatic imine (C=N–C) groups is 1. The van der Waals surface area contributed by atoms with E-state index >= 15 is 0 Å². The van der Waals surface area contributed by atoms with Gasteiger partial charge in [0.05, 0.1) is 0 Å². The van der Waals surface area contributed by atoms with E-state index in [0.29, 0.717) is 0 Å². The van der Waals surface area contributed by atoms with Crippen molar-refractivity contribution in [3.8, 4) is 0 Å². The average Bonchev–Trinajstić information content (AvgIpc) is 2.27. The van der Waals surface area contributed by atoms with E-state index in [-0.39, 0.29) is 12.8 Å². The zero-order valence-corrected chi connectivity index (χ0v) is 11.2. The maximum atomic E-state index is 9.99. The molecule has 0 radical (unpaired) electrons. The summed E-state index contributed by atoms with van der Waals surface area (Å²) in [4.78, 5) is 25.7. The van der Waals surface area contributed by atoms with Crippen LogP contribution in [0.5, 0.6) is 0 Å². The zero-order chi connectivity index (χ0) is 14.7. The van der Waals surface area contributed by atoms with Gasteiger partial charge < -0.3 is 26.2 Å². The molecule has 0 fully saturated rings. The fourth-order valence-corrected chi connectivity index (χ4v) is 0.938. The van der Waals surface area contributed by atoms with Gasteiger partial charge in [-0.3, -0.25) is 14.6 Å². The van der Waals surface area contributed by atoms with Gasteiger partial charge >= 0.3 is 11.9 Å². The third-order valence-corrected chi connectivity index (χ3v) is 1.85. The fraction of sp³-hybridized carbons (Fsp3) is 0.700. The first-order chi connectivity index (χ1) is 8.26. The second-order valence-electron chi connectivity index (χ2n) is 3.57. The summed E-state index contributed by atoms with van der Waals surface area (Å²) in [5, 5.41) is 19.2. The first-order valence-corrected chi connectivity index (χ1v) is 5.28. The van der Waals surface area contributed by atoms with Crippen LogP contribution in [0, 0.1) is 0 Å². The van der Waals surface area contributed by atoms with Crippen molar-refractivity contribution in [3.63, 3.8) is 0 Å². The van der Waals surface area contributed by atoms with E-state index < -0.39 is 18.0 Å². The van der Waals surface area contributed by atoms with Crippen LogP contribution >= 0.6 is 0 Å². The molecule has 0 spiro atoms. The van der Waals surface area contributed by atoms with Gasteiger partial charge in [-0.25, -0.2) is 0 Å². The Bertz CT molecular complexity index is 292. The molecule has 18 heavy (non-hydrogen) atoms. The average molecular weight is 262 g/mol. The van der Waals surface area contributed by atoms with Crippen LogP contribution in [0.1, 0.15) is 12.8 Å². The SMILES string of the molecule is CN=C(NC)N(C)C.NC(CCC(=O)O)C(=O)O. The number of nitrogens with one attached hydrogen (secondary N) is 1. The second kappa shape index (κ2) is 10.3. The number of nitrogens with zero attached hydrogens (tertiary/aromatic N) is 2. The van der Waals surface area contributed by atoms with Gasteiger partial charge in [-0.15, -0.1) is 0 Å². The van der Waals surface area contributed by atoms with Crippen molar-refractivity contribution in [2.24, 2.45) is 10.7 Å². The standard InChI is InChI=1S/C5H13N3.C5H9NO4/c1-6-5(7-2)8(3)4;6-3(5(9)10)1-2-4(7)8/h1-4H3,(H,6,7);3H,1-2,6H2,(H,7,8)(H,9,10). The Kier molecular flexibility index (Phi) is 10.6. The molecule has 0 saturated carbocycles. The lowest BCUT2D eigenvalue weighted by Crippen LogP contribution is -2.33. The summed E-state index contributed by atoms with van der Waals surface area (Å²) < 4.78 is 0. The Morgan fingerprint density at radius 1 is 1.39 bits per heavy atom. The molecule has 0 aliphatic heterocycles. The van der Waals surface area contributed by atoms with Crippen molar-refractivity contribution >= 4 is 17.9 Å². The topological polar surface area (TPSA) is 128 Å². The monoisotopic (exact) mass is 262 g/mol. The number of nitrogens with two attached hydrogens (primary N) is 1. The molecule has 0 aliphatic carbocycles. The van der Waals surface area contributed by atoms with Crippen LogP contribution in [-0.4, -0.2) is 67.2 Å². The van der Waals surface area contributed by atoms with Crippen LogP contribution in [0.25, 0.3) is 0 Å². The van der Waals surface area contributed by atoms with Crippen LogP contribution in [0.3, 0.4) is 0 Å². The summed E-state index contributed by atoms with van der Waals surface area (Å²) in [5.41, 5.74) is 5.00. The van der Waals surface area contributed by atoms with Crippen molar-refractivity contribution < 1.29 is 19.8 Å². The van der Waals surface area contributed by atoms with Crippen LogP contribution in [0.2, 0.25) is 0 Å². The summed E-state index contributed by atoms with van der Waals surface area (Å²) in [6, 6.07) is -1.06. The first kappa shape index (κ1) is 18.5. The molecule has 0 saturated heterocycles. The van der Waals surface area contributed by atoms with Gasteiger partial charge in [0.1, 0.15) is 6.04 Å². The van der Waals surface area contributed by atoms with E-state index in [1.54, 1.807) is 7.05 Å². The van der Waals surface area contributed by atoms with E-state index in [2.05, 4.69) is 10.3 Å². The van der Waals surface area contributed by atoms with E-state index in [1.165, 1.54) is 0 Å². The van der Waals surface area contributed by atoms with Crippen molar-refractivity contribution in [2.75, 3.05) is 28.2 Å². The molecule has 0 bridgehead atoms. The van der Waals surface area contributed by atoms with E-state index in [4.69, 9.17) is 15.9 Å². The van der Waals surface area contributed by atoms with Crippen molar-refractivity contribution in [3.05, 3.63) is 0 Å². The normalized spacial score (nSPS) is 11.9. The molecule has 0 rings (SSSR count). The summed E-state index contributed by atoms with van der Waals surface area (Å²) in [7, 11) is 7.49. The Morgan fingerprint density at radius 2 is 1.89 bits per heavy atom. The lowest BCUT2D eigenvalue weighted by molar-refractivity contribution is -0.139. The summed E-state index contributed by atoms with van der Waals surface area (Å²) in [5.74, 6) is -1.30. The Hall–Kier alpha value is -1.83. The van der Waals surface area contributed by atoms with Gasteiger partial charge in [0.15, 0.2) is 5.96 Å². The second-order valence-corrected chi connectivity index (χ2v) is 3.57. The molecule has 1 unspecified atom stereocenters. The maximum Gasteiger partial charge on any atom is 0.320 e. The highest BCUT2D eigenvalue weighted by atomic mass is 16.4. The third-order valence-electron chi connectivity index (χ3n) is 1.85. The van der Waals surface area contributed by atoms with E-state index in [0.717, 1.165) is 5.96 Å². The lowest BCUT2D eigenvalue weighted by Gasteiger charge is -2.12. The minimum atomic E-state index is -1.17. The molecule has 1 atom stereocenters. The first-order valence-electron chi connectivity index (χ1n) is 5.28. The Balaban J connectivity index is 0. The highest BCUT2D eigenvalue weighted by molar-refractivity contribution is 5.78. The van der Waals surface area contributed by atoms with E-state index in [9.17, 15) is 9.59 Å². The number of hydrogen-bond acceptors (Lipinski definition) is 4. The third kappa shape index (κ3) is 10.7. The summed E-state index contributed by atoms with van der Waals surface area (Å²) >= 11 is 0. The van der Waals surface area contributed by atoms with Crippen LogP contribution < -0.4 is 11.1 Å². The molecular weight excluding hydrogens is 240 g/mol. The van der Waals surface area contributed by atoms with Gasteiger partial charge in [0.2, 0.25) is 0 Å². The number of aliphatic carboxylic acids is 2. The Morgan fingerprint density at radius 3 is 2.06 bits per heavy atom. The number of guanidine groups is 1. The van der Waals surface area contributed by atoms with Gasteiger partial charge in [0.25, 0.3) is 0 Å². The highest BCUT2D eigenvalue weighted by Gasteiger charge is 2.12. The van der Waals surface area contributed by atoms with E-state index in [1.807, 2.05) is 26.0 Å². The number of carboxylic acids is 2. The Labute approximate surface area is 106 Å². The molecule has 5 N–H and O–H groups in total. The van der Waals surface area contributed by atoms with Crippen molar-refractivity contribution in [2.45, 2.75) is 18.9 Å². The quantitative estimate of drug-likeness (QED) is 0.378. The predicted octanol–water partition coefficient (Wildman–Crippen LogP) is -0.984. The zero-order valence-electron chi connectivity index (χ0n) is 11.2. The lowest BCUT2D eigenvalue weighted by atomic mass is 10.2. The van der Waals surface area contributed by atoms with Crippen LogP contribution in [0.4, 0.5) is 0 Å². The fourth-order valence-electron chi connectivity index (χ4n) is 0.938. The van der Waals surface area contributed by atoms with Crippen molar-refractivity contribution in [1.29, 1.82) is 0 Å².